The second-order valence-electron chi connectivity index (χ2n) is 7.43. The molecule has 1 saturated carbocycles. The maximum Gasteiger partial charge on any atom is 0.511 e. The number of nitrogens with one attached hydrogen (secondary N) is 1. The quantitative estimate of drug-likeness (QED) is 0.835. The highest BCUT2D eigenvalue weighted by Gasteiger charge is 2.52. The number of halogens is 3. The molecular weight excluding hydrogens is 393 g/mol. The number of alkyl halides is 3. The molecule has 1 aromatic heterocycles. The van der Waals surface area contributed by atoms with Gasteiger partial charge in [-0.1, -0.05) is 12.1 Å². The maximum absolute atomic E-state index is 13.3. The SMILES string of the molecule is Cc1cccc2c1CN(S(=O)(=O)C(F)(F)F)C[C@@H](C1CC1)N2Cc1cnc[nH]1. The normalized spacial score (nSPS) is 21.4. The zero-order chi connectivity index (χ0) is 20.1. The largest absolute Gasteiger partial charge is 0.511 e. The van der Waals surface area contributed by atoms with Crippen LogP contribution in [-0.2, 0) is 23.1 Å². The Morgan fingerprint density at radius 3 is 2.64 bits per heavy atom. The molecule has 0 radical (unpaired) electrons. The van der Waals surface area contributed by atoms with E-state index in [0.29, 0.717) is 16.4 Å². The van der Waals surface area contributed by atoms with E-state index in [1.807, 2.05) is 17.0 Å². The Balaban J connectivity index is 1.82. The molecule has 0 amide bonds. The molecule has 1 N–H and O–H groups in total. The van der Waals surface area contributed by atoms with Crippen LogP contribution in [0.25, 0.3) is 0 Å². The molecule has 2 aliphatic rings. The molecule has 1 aliphatic carbocycles. The van der Waals surface area contributed by atoms with Gasteiger partial charge in [0.25, 0.3) is 0 Å². The number of H-pyrrole nitrogens is 1. The topological polar surface area (TPSA) is 69.3 Å². The van der Waals surface area contributed by atoms with E-state index in [-0.39, 0.29) is 25.0 Å². The minimum atomic E-state index is -5.42. The molecule has 0 spiro atoms. The lowest BCUT2D eigenvalue weighted by Crippen LogP contribution is -2.47. The second-order valence-corrected chi connectivity index (χ2v) is 9.35. The summed E-state index contributed by atoms with van der Waals surface area (Å²) in [6, 6.07) is 5.18. The van der Waals surface area contributed by atoms with E-state index in [9.17, 15) is 21.6 Å². The molecule has 6 nitrogen and oxygen atoms in total. The number of rotatable bonds is 4. The van der Waals surface area contributed by atoms with E-state index in [2.05, 4.69) is 9.97 Å². The fraction of sp³-hybridized carbons (Fsp3) is 0.500. The number of aromatic nitrogens is 2. The lowest BCUT2D eigenvalue weighted by Gasteiger charge is -2.34. The van der Waals surface area contributed by atoms with Crippen molar-refractivity contribution in [2.45, 2.75) is 44.4 Å². The molecule has 0 unspecified atom stereocenters. The predicted molar refractivity (Wildman–Crippen MR) is 97.8 cm³/mol. The molecule has 152 valence electrons. The van der Waals surface area contributed by atoms with Crippen LogP contribution in [0.3, 0.4) is 0 Å². The van der Waals surface area contributed by atoms with Crippen molar-refractivity contribution in [2.24, 2.45) is 5.92 Å². The molecule has 1 atom stereocenters. The van der Waals surface area contributed by atoms with Crippen molar-refractivity contribution in [3.8, 4) is 0 Å². The van der Waals surface area contributed by atoms with Gasteiger partial charge in [0.05, 0.1) is 18.6 Å². The summed E-state index contributed by atoms with van der Waals surface area (Å²) in [5.41, 5.74) is -2.33. The Bertz CT molecular complexity index is 956. The van der Waals surface area contributed by atoms with Crippen molar-refractivity contribution in [1.29, 1.82) is 0 Å². The predicted octanol–water partition coefficient (Wildman–Crippen LogP) is 3.17. The Hall–Kier alpha value is -2.07. The van der Waals surface area contributed by atoms with E-state index < -0.39 is 15.5 Å². The third-order valence-corrected chi connectivity index (χ3v) is 7.06. The van der Waals surface area contributed by atoms with Crippen LogP contribution in [0.5, 0.6) is 0 Å². The van der Waals surface area contributed by atoms with E-state index in [0.717, 1.165) is 29.8 Å². The number of sulfonamides is 1. The highest BCUT2D eigenvalue weighted by Crippen LogP contribution is 2.43. The van der Waals surface area contributed by atoms with Crippen LogP contribution in [-0.4, -0.2) is 40.8 Å². The number of aromatic amines is 1. The number of hydrogen-bond donors (Lipinski definition) is 1. The summed E-state index contributed by atoms with van der Waals surface area (Å²) in [6.45, 7) is 1.75. The molecule has 4 rings (SSSR count). The van der Waals surface area contributed by atoms with Crippen molar-refractivity contribution in [2.75, 3.05) is 11.4 Å². The average Bonchev–Trinajstić information content (AvgIpc) is 3.35. The van der Waals surface area contributed by atoms with Crippen molar-refractivity contribution >= 4 is 15.7 Å². The summed E-state index contributed by atoms with van der Waals surface area (Å²) < 4.78 is 65.1. The van der Waals surface area contributed by atoms with E-state index >= 15 is 0 Å². The van der Waals surface area contributed by atoms with Gasteiger partial charge in [0.1, 0.15) is 0 Å². The molecule has 1 fully saturated rings. The first-order valence-electron chi connectivity index (χ1n) is 9.07. The van der Waals surface area contributed by atoms with Crippen molar-refractivity contribution < 1.29 is 21.6 Å². The van der Waals surface area contributed by atoms with Crippen molar-refractivity contribution in [3.05, 3.63) is 47.5 Å². The Kier molecular flexibility index (Phi) is 4.65. The third-order valence-electron chi connectivity index (χ3n) is 5.51. The molecule has 0 bridgehead atoms. The number of anilines is 1. The molecule has 1 aromatic carbocycles. The molecular formula is C18H21F3N4O2S. The number of fused-ring (bicyclic) bond motifs is 1. The van der Waals surface area contributed by atoms with E-state index in [1.54, 1.807) is 25.5 Å². The summed E-state index contributed by atoms with van der Waals surface area (Å²) in [5, 5.41) is 0. The smallest absolute Gasteiger partial charge is 0.361 e. The first-order valence-corrected chi connectivity index (χ1v) is 10.5. The summed E-state index contributed by atoms with van der Waals surface area (Å²) in [5.74, 6) is 0.167. The lowest BCUT2D eigenvalue weighted by molar-refractivity contribution is -0.0492. The number of aryl methyl sites for hydroxylation is 1. The monoisotopic (exact) mass is 414 g/mol. The molecule has 2 heterocycles. The zero-order valence-electron chi connectivity index (χ0n) is 15.3. The Morgan fingerprint density at radius 2 is 2.04 bits per heavy atom. The van der Waals surface area contributed by atoms with Crippen LogP contribution >= 0.6 is 0 Å². The summed E-state index contributed by atoms with van der Waals surface area (Å²) >= 11 is 0. The summed E-state index contributed by atoms with van der Waals surface area (Å²) in [7, 11) is -5.42. The molecule has 28 heavy (non-hydrogen) atoms. The first-order chi connectivity index (χ1) is 13.2. The maximum atomic E-state index is 13.3. The number of nitrogens with zero attached hydrogens (tertiary/aromatic N) is 3. The minimum Gasteiger partial charge on any atom is -0.361 e. The van der Waals surface area contributed by atoms with Gasteiger partial charge < -0.3 is 9.88 Å². The fourth-order valence-corrected chi connectivity index (χ4v) is 4.80. The van der Waals surface area contributed by atoms with Gasteiger partial charge in [0.2, 0.25) is 0 Å². The van der Waals surface area contributed by atoms with Crippen LogP contribution in [0.2, 0.25) is 0 Å². The lowest BCUT2D eigenvalue weighted by atomic mass is 10.0. The number of benzene rings is 1. The summed E-state index contributed by atoms with van der Waals surface area (Å²) in [4.78, 5) is 9.09. The third kappa shape index (κ3) is 3.39. The zero-order valence-corrected chi connectivity index (χ0v) is 16.1. The van der Waals surface area contributed by atoms with Crippen LogP contribution in [0.1, 0.15) is 29.7 Å². The molecule has 0 saturated heterocycles. The highest BCUT2D eigenvalue weighted by atomic mass is 32.2. The van der Waals surface area contributed by atoms with Gasteiger partial charge in [0.15, 0.2) is 0 Å². The van der Waals surface area contributed by atoms with Gasteiger partial charge in [-0.3, -0.25) is 0 Å². The standard InChI is InChI=1S/C18H21F3N4O2S/c1-12-3-2-4-16-15(12)9-24(28(26,27)18(19,20)21)10-17(13-5-6-13)25(16)8-14-7-22-11-23-14/h2-4,7,11,13,17H,5-6,8-10H2,1H3,(H,22,23)/t17-/m0/s1. The summed E-state index contributed by atoms with van der Waals surface area (Å²) in [6.07, 6.45) is 4.99. The van der Waals surface area contributed by atoms with Crippen molar-refractivity contribution in [1.82, 2.24) is 14.3 Å². The van der Waals surface area contributed by atoms with Gasteiger partial charge in [0, 0.05) is 31.0 Å². The van der Waals surface area contributed by atoms with E-state index in [4.69, 9.17) is 0 Å². The Morgan fingerprint density at radius 1 is 1.29 bits per heavy atom. The van der Waals surface area contributed by atoms with Gasteiger partial charge >= 0.3 is 15.5 Å². The van der Waals surface area contributed by atoms with Gasteiger partial charge in [-0.15, -0.1) is 0 Å². The van der Waals surface area contributed by atoms with Gasteiger partial charge in [-0.25, -0.2) is 13.4 Å². The van der Waals surface area contributed by atoms with Crippen LogP contribution in [0, 0.1) is 12.8 Å². The van der Waals surface area contributed by atoms with Crippen LogP contribution in [0.4, 0.5) is 18.9 Å². The van der Waals surface area contributed by atoms with Crippen LogP contribution in [0.15, 0.2) is 30.7 Å². The van der Waals surface area contributed by atoms with Gasteiger partial charge in [-0.05, 0) is 42.9 Å². The first kappa shape index (κ1) is 19.3. The molecule has 2 aromatic rings. The van der Waals surface area contributed by atoms with Crippen molar-refractivity contribution in [3.63, 3.8) is 0 Å². The van der Waals surface area contributed by atoms with E-state index in [1.165, 1.54) is 0 Å². The second kappa shape index (κ2) is 6.77. The number of hydrogen-bond acceptors (Lipinski definition) is 4. The fourth-order valence-electron chi connectivity index (χ4n) is 3.86. The highest BCUT2D eigenvalue weighted by molar-refractivity contribution is 7.89. The Labute approximate surface area is 161 Å². The average molecular weight is 414 g/mol. The number of imidazole rings is 1. The minimum absolute atomic E-state index is 0.167. The van der Waals surface area contributed by atoms with Gasteiger partial charge in [-0.2, -0.15) is 17.5 Å². The van der Waals surface area contributed by atoms with Crippen LogP contribution < -0.4 is 4.90 Å². The molecule has 10 heteroatoms. The molecule has 1 aliphatic heterocycles.